The molecule has 1 amide bonds. The Morgan fingerprint density at radius 2 is 1.73 bits per heavy atom. The van der Waals surface area contributed by atoms with Gasteiger partial charge in [-0.2, -0.15) is 0 Å². The van der Waals surface area contributed by atoms with E-state index in [1.165, 1.54) is 5.56 Å². The number of halogens is 1. The minimum atomic E-state index is -1.95. The van der Waals surface area contributed by atoms with Crippen LogP contribution in [0.1, 0.15) is 59.3 Å². The van der Waals surface area contributed by atoms with E-state index in [-0.39, 0.29) is 5.78 Å². The van der Waals surface area contributed by atoms with Gasteiger partial charge in [0, 0.05) is 15.6 Å². The normalized spacial score (nSPS) is 18.5. The topological polar surface area (TPSA) is 57.6 Å². The Bertz CT molecular complexity index is 1220. The largest absolute Gasteiger partial charge is 0.375 e. The molecular weight excluding hydrogens is 478 g/mol. The molecule has 0 bridgehead atoms. The first-order chi connectivity index (χ1) is 15.6. The number of aliphatic hydroxyl groups is 1. The van der Waals surface area contributed by atoms with Crippen molar-refractivity contribution in [1.82, 2.24) is 0 Å². The summed E-state index contributed by atoms with van der Waals surface area (Å²) < 4.78 is 0.742. The van der Waals surface area contributed by atoms with E-state index < -0.39 is 17.4 Å². The van der Waals surface area contributed by atoms with Crippen molar-refractivity contribution in [2.75, 3.05) is 4.90 Å². The standard InChI is InChI=1S/C28H28BrNO3/c1-17(2)21-11-10-18(3)22(14-21)16-30-25-13-12-23(29)15-24(25)28(33,27(30)32)19(4)26(31)20-8-6-5-7-9-20/h5-15,17,19,33H,16H2,1-4H3/t19-,28+/m1/s1. The van der Waals surface area contributed by atoms with Crippen LogP contribution in [0.4, 0.5) is 5.69 Å². The number of aryl methyl sites for hydroxylation is 1. The van der Waals surface area contributed by atoms with Gasteiger partial charge in [-0.1, -0.05) is 85.2 Å². The Morgan fingerprint density at radius 3 is 2.39 bits per heavy atom. The van der Waals surface area contributed by atoms with Gasteiger partial charge in [-0.05, 0) is 47.7 Å². The number of hydrogen-bond donors (Lipinski definition) is 1. The van der Waals surface area contributed by atoms with Gasteiger partial charge in [0.25, 0.3) is 5.91 Å². The summed E-state index contributed by atoms with van der Waals surface area (Å²) in [4.78, 5) is 28.7. The molecule has 0 saturated heterocycles. The molecule has 1 N–H and O–H groups in total. The van der Waals surface area contributed by atoms with Gasteiger partial charge in [0.15, 0.2) is 11.4 Å². The lowest BCUT2D eigenvalue weighted by atomic mass is 9.79. The number of rotatable bonds is 6. The molecule has 2 atom stereocenters. The highest BCUT2D eigenvalue weighted by molar-refractivity contribution is 9.10. The molecule has 4 nitrogen and oxygen atoms in total. The lowest BCUT2D eigenvalue weighted by molar-refractivity contribution is -0.139. The molecule has 0 aromatic heterocycles. The Hall–Kier alpha value is -2.76. The van der Waals surface area contributed by atoms with Crippen LogP contribution in [-0.4, -0.2) is 16.8 Å². The molecule has 1 heterocycles. The van der Waals surface area contributed by atoms with Gasteiger partial charge in [0.2, 0.25) is 0 Å². The lowest BCUT2D eigenvalue weighted by Gasteiger charge is -2.29. The molecule has 0 fully saturated rings. The molecule has 0 radical (unpaired) electrons. The van der Waals surface area contributed by atoms with Crippen LogP contribution in [0.2, 0.25) is 0 Å². The third kappa shape index (κ3) is 4.04. The summed E-state index contributed by atoms with van der Waals surface area (Å²) >= 11 is 3.47. The molecule has 5 heteroatoms. The molecule has 3 aromatic rings. The van der Waals surface area contributed by atoms with Gasteiger partial charge in [0.1, 0.15) is 0 Å². The third-order valence-corrected chi connectivity index (χ3v) is 7.17. The van der Waals surface area contributed by atoms with Crippen LogP contribution in [-0.2, 0) is 16.9 Å². The second-order valence-electron chi connectivity index (χ2n) is 9.11. The van der Waals surface area contributed by atoms with Gasteiger partial charge >= 0.3 is 0 Å². The minimum absolute atomic E-state index is 0.266. The van der Waals surface area contributed by atoms with E-state index in [1.807, 2.05) is 25.1 Å². The van der Waals surface area contributed by atoms with Crippen molar-refractivity contribution in [2.45, 2.75) is 45.8 Å². The Labute approximate surface area is 203 Å². The number of amides is 1. The number of hydrogen-bond acceptors (Lipinski definition) is 3. The second-order valence-corrected chi connectivity index (χ2v) is 10.0. The summed E-state index contributed by atoms with van der Waals surface area (Å²) in [6, 6.07) is 20.6. The highest BCUT2D eigenvalue weighted by Crippen LogP contribution is 2.47. The maximum atomic E-state index is 13.8. The third-order valence-electron chi connectivity index (χ3n) is 6.68. The first-order valence-electron chi connectivity index (χ1n) is 11.2. The molecule has 0 aliphatic carbocycles. The Balaban J connectivity index is 1.78. The first-order valence-corrected chi connectivity index (χ1v) is 12.0. The van der Waals surface area contributed by atoms with Crippen molar-refractivity contribution in [1.29, 1.82) is 0 Å². The zero-order valence-electron chi connectivity index (χ0n) is 19.3. The van der Waals surface area contributed by atoms with E-state index >= 15 is 0 Å². The van der Waals surface area contributed by atoms with Crippen molar-refractivity contribution in [3.8, 4) is 0 Å². The fourth-order valence-corrected chi connectivity index (χ4v) is 4.85. The summed E-state index contributed by atoms with van der Waals surface area (Å²) in [5.41, 5.74) is 2.91. The van der Waals surface area contributed by atoms with Gasteiger partial charge in [-0.25, -0.2) is 0 Å². The van der Waals surface area contributed by atoms with E-state index in [4.69, 9.17) is 0 Å². The van der Waals surface area contributed by atoms with E-state index in [0.717, 1.165) is 15.6 Å². The number of benzene rings is 3. The predicted molar refractivity (Wildman–Crippen MR) is 134 cm³/mol. The van der Waals surface area contributed by atoms with E-state index in [1.54, 1.807) is 42.2 Å². The number of carbonyl (C=O) groups excluding carboxylic acids is 2. The zero-order valence-corrected chi connectivity index (χ0v) is 20.9. The van der Waals surface area contributed by atoms with Crippen molar-refractivity contribution in [3.63, 3.8) is 0 Å². The van der Waals surface area contributed by atoms with Crippen molar-refractivity contribution in [2.24, 2.45) is 5.92 Å². The van der Waals surface area contributed by atoms with E-state index in [0.29, 0.717) is 29.3 Å². The van der Waals surface area contributed by atoms with Crippen molar-refractivity contribution < 1.29 is 14.7 Å². The number of fused-ring (bicyclic) bond motifs is 1. The molecule has 33 heavy (non-hydrogen) atoms. The average molecular weight is 506 g/mol. The Kier molecular flexibility index (Phi) is 6.30. The monoisotopic (exact) mass is 505 g/mol. The zero-order chi connectivity index (χ0) is 23.9. The van der Waals surface area contributed by atoms with Gasteiger partial charge in [-0.15, -0.1) is 0 Å². The summed E-state index contributed by atoms with van der Waals surface area (Å²) in [5.74, 6) is -1.32. The first kappa shape index (κ1) is 23.4. The van der Waals surface area contributed by atoms with Crippen LogP contribution in [0, 0.1) is 12.8 Å². The highest BCUT2D eigenvalue weighted by Gasteiger charge is 2.55. The van der Waals surface area contributed by atoms with Crippen LogP contribution in [0.25, 0.3) is 0 Å². The molecule has 3 aromatic carbocycles. The van der Waals surface area contributed by atoms with Gasteiger partial charge < -0.3 is 10.0 Å². The van der Waals surface area contributed by atoms with Crippen molar-refractivity contribution >= 4 is 33.3 Å². The number of Topliss-reactive ketones (excluding diaryl/α,β-unsaturated/α-hetero) is 1. The van der Waals surface area contributed by atoms with Crippen LogP contribution < -0.4 is 4.90 Å². The van der Waals surface area contributed by atoms with Gasteiger partial charge in [-0.3, -0.25) is 9.59 Å². The fraction of sp³-hybridized carbons (Fsp3) is 0.286. The van der Waals surface area contributed by atoms with Crippen LogP contribution in [0.5, 0.6) is 0 Å². The molecule has 0 unspecified atom stereocenters. The predicted octanol–water partition coefficient (Wildman–Crippen LogP) is 6.13. The van der Waals surface area contributed by atoms with Gasteiger partial charge in [0.05, 0.1) is 18.2 Å². The fourth-order valence-electron chi connectivity index (χ4n) is 4.49. The molecule has 4 rings (SSSR count). The summed E-state index contributed by atoms with van der Waals surface area (Å²) in [6.45, 7) is 8.26. The summed E-state index contributed by atoms with van der Waals surface area (Å²) in [6.07, 6.45) is 0. The van der Waals surface area contributed by atoms with Crippen molar-refractivity contribution in [3.05, 3.63) is 99.0 Å². The smallest absolute Gasteiger partial charge is 0.264 e. The number of ketones is 1. The van der Waals surface area contributed by atoms with Crippen LogP contribution in [0.15, 0.2) is 71.2 Å². The molecule has 0 spiro atoms. The van der Waals surface area contributed by atoms with Crippen LogP contribution >= 0.6 is 15.9 Å². The highest BCUT2D eigenvalue weighted by atomic mass is 79.9. The summed E-state index contributed by atoms with van der Waals surface area (Å²) in [7, 11) is 0. The number of nitrogens with zero attached hydrogens (tertiary/aromatic N) is 1. The molecule has 170 valence electrons. The maximum absolute atomic E-state index is 13.8. The molecule has 1 aliphatic heterocycles. The second kappa shape index (κ2) is 8.88. The quantitative estimate of drug-likeness (QED) is 0.409. The van der Waals surface area contributed by atoms with Crippen LogP contribution in [0.3, 0.4) is 0 Å². The SMILES string of the molecule is Cc1ccc(C(C)C)cc1CN1C(=O)[C@](O)([C@H](C)C(=O)c2ccccc2)c2cc(Br)ccc21. The average Bonchev–Trinajstić information content (AvgIpc) is 3.02. The molecular formula is C28H28BrNO3. The number of anilines is 1. The van der Waals surface area contributed by atoms with E-state index in [9.17, 15) is 14.7 Å². The number of carbonyl (C=O) groups is 2. The Morgan fingerprint density at radius 1 is 1.03 bits per heavy atom. The maximum Gasteiger partial charge on any atom is 0.264 e. The summed E-state index contributed by atoms with van der Waals surface area (Å²) in [5, 5.41) is 11.9. The molecule has 0 saturated carbocycles. The minimum Gasteiger partial charge on any atom is -0.375 e. The molecule has 1 aliphatic rings. The van der Waals surface area contributed by atoms with E-state index in [2.05, 4.69) is 48.0 Å². The lowest BCUT2D eigenvalue weighted by Crippen LogP contribution is -2.47.